The lowest BCUT2D eigenvalue weighted by Crippen LogP contribution is -2.39. The molecule has 0 spiro atoms. The summed E-state index contributed by atoms with van der Waals surface area (Å²) < 4.78 is 1.34. The van der Waals surface area contributed by atoms with E-state index in [0.717, 1.165) is 5.56 Å². The van der Waals surface area contributed by atoms with Crippen molar-refractivity contribution in [3.63, 3.8) is 0 Å². The fourth-order valence-corrected chi connectivity index (χ4v) is 3.65. The molecule has 0 aromatic heterocycles. The van der Waals surface area contributed by atoms with Crippen molar-refractivity contribution in [2.75, 3.05) is 0 Å². The van der Waals surface area contributed by atoms with Gasteiger partial charge in [0.1, 0.15) is 5.75 Å². The van der Waals surface area contributed by atoms with Crippen LogP contribution in [-0.4, -0.2) is 28.4 Å². The molecule has 19 heavy (non-hydrogen) atoms. The van der Waals surface area contributed by atoms with Gasteiger partial charge in [0.15, 0.2) is 0 Å². The molecule has 2 atom stereocenters. The van der Waals surface area contributed by atoms with Crippen LogP contribution in [0.5, 0.6) is 5.75 Å². The molecule has 0 bridgehead atoms. The lowest BCUT2D eigenvalue weighted by atomic mass is 10.00. The van der Waals surface area contributed by atoms with Crippen LogP contribution >= 0.6 is 31.9 Å². The average Bonchev–Trinajstić information content (AvgIpc) is 2.35. The molecule has 1 aromatic rings. The standard InChI is InChI=1S/C14H18Br2N2O/c1-9-4-3-5-10(2)18(9)17-8-11-6-12(15)14(19)13(16)7-11/h6-10,19H,3-5H2,1-2H3/b17-8+/t9-,10+. The first kappa shape index (κ1) is 14.9. The minimum atomic E-state index is 0.219. The van der Waals surface area contributed by atoms with Crippen LogP contribution in [0.15, 0.2) is 26.2 Å². The third-order valence-corrected chi connectivity index (χ3v) is 4.74. The van der Waals surface area contributed by atoms with Gasteiger partial charge in [-0.3, -0.25) is 5.01 Å². The van der Waals surface area contributed by atoms with Crippen LogP contribution in [0, 0.1) is 0 Å². The van der Waals surface area contributed by atoms with Gasteiger partial charge in [0.25, 0.3) is 0 Å². The number of halogens is 2. The van der Waals surface area contributed by atoms with Gasteiger partial charge in [-0.15, -0.1) is 0 Å². The van der Waals surface area contributed by atoms with Crippen molar-refractivity contribution in [2.24, 2.45) is 5.10 Å². The summed E-state index contributed by atoms with van der Waals surface area (Å²) in [4.78, 5) is 0. The number of hydrogen-bond donors (Lipinski definition) is 1. The van der Waals surface area contributed by atoms with E-state index in [0.29, 0.717) is 21.0 Å². The molecule has 0 unspecified atom stereocenters. The first-order valence-electron chi connectivity index (χ1n) is 6.49. The van der Waals surface area contributed by atoms with Crippen molar-refractivity contribution in [1.29, 1.82) is 0 Å². The lowest BCUT2D eigenvalue weighted by Gasteiger charge is -2.36. The Hall–Kier alpha value is -0.550. The predicted octanol–water partition coefficient (Wildman–Crippen LogP) is 4.51. The number of hydrazone groups is 1. The van der Waals surface area contributed by atoms with Crippen molar-refractivity contribution >= 4 is 38.1 Å². The summed E-state index contributed by atoms with van der Waals surface area (Å²) in [5.41, 5.74) is 0.960. The van der Waals surface area contributed by atoms with Crippen molar-refractivity contribution in [3.05, 3.63) is 26.6 Å². The zero-order valence-corrected chi connectivity index (χ0v) is 14.3. The van der Waals surface area contributed by atoms with E-state index in [4.69, 9.17) is 0 Å². The number of nitrogens with zero attached hydrogens (tertiary/aromatic N) is 2. The molecule has 2 rings (SSSR count). The quantitative estimate of drug-likeness (QED) is 0.755. The molecule has 1 saturated heterocycles. The number of phenols is 1. The van der Waals surface area contributed by atoms with Gasteiger partial charge >= 0.3 is 0 Å². The first-order valence-corrected chi connectivity index (χ1v) is 8.08. The molecule has 0 radical (unpaired) electrons. The summed E-state index contributed by atoms with van der Waals surface area (Å²) in [6.45, 7) is 4.44. The van der Waals surface area contributed by atoms with Crippen molar-refractivity contribution in [2.45, 2.75) is 45.2 Å². The second kappa shape index (κ2) is 6.27. The first-order chi connectivity index (χ1) is 8.99. The predicted molar refractivity (Wildman–Crippen MR) is 85.7 cm³/mol. The Balaban J connectivity index is 2.18. The number of aromatic hydroxyl groups is 1. The van der Waals surface area contributed by atoms with Gasteiger partial charge in [-0.2, -0.15) is 5.10 Å². The Labute approximate surface area is 130 Å². The Bertz CT molecular complexity index is 457. The van der Waals surface area contributed by atoms with E-state index in [9.17, 15) is 5.11 Å². The molecule has 1 N–H and O–H groups in total. The fourth-order valence-electron chi connectivity index (χ4n) is 2.43. The summed E-state index contributed by atoms with van der Waals surface area (Å²) in [5, 5.41) is 16.5. The lowest BCUT2D eigenvalue weighted by molar-refractivity contribution is 0.109. The third-order valence-electron chi connectivity index (χ3n) is 3.53. The molecule has 104 valence electrons. The minimum absolute atomic E-state index is 0.219. The molecule has 1 aliphatic heterocycles. The highest BCUT2D eigenvalue weighted by atomic mass is 79.9. The largest absolute Gasteiger partial charge is 0.506 e. The van der Waals surface area contributed by atoms with E-state index >= 15 is 0 Å². The number of phenolic OH excluding ortho intramolecular Hbond substituents is 1. The van der Waals surface area contributed by atoms with Crippen LogP contribution in [0.2, 0.25) is 0 Å². The second-order valence-corrected chi connectivity index (χ2v) is 6.80. The Morgan fingerprint density at radius 1 is 1.21 bits per heavy atom. The molecule has 1 aliphatic rings. The van der Waals surface area contributed by atoms with E-state index in [1.165, 1.54) is 19.3 Å². The normalized spacial score (nSPS) is 24.1. The van der Waals surface area contributed by atoms with Gasteiger partial charge in [-0.05, 0) is 82.7 Å². The zero-order chi connectivity index (χ0) is 14.0. The maximum absolute atomic E-state index is 9.68. The molecule has 1 aromatic carbocycles. The van der Waals surface area contributed by atoms with E-state index in [1.54, 1.807) is 0 Å². The SMILES string of the molecule is C[C@@H]1CCC[C@H](C)N1/N=C/c1cc(Br)c(O)c(Br)c1. The van der Waals surface area contributed by atoms with Gasteiger partial charge in [0, 0.05) is 12.1 Å². The van der Waals surface area contributed by atoms with Crippen LogP contribution in [0.3, 0.4) is 0 Å². The fraction of sp³-hybridized carbons (Fsp3) is 0.500. The highest BCUT2D eigenvalue weighted by molar-refractivity contribution is 9.11. The smallest absolute Gasteiger partial charge is 0.143 e. The van der Waals surface area contributed by atoms with E-state index in [-0.39, 0.29) is 5.75 Å². The number of benzene rings is 1. The second-order valence-electron chi connectivity index (χ2n) is 5.09. The highest BCUT2D eigenvalue weighted by Crippen LogP contribution is 2.33. The summed E-state index contributed by atoms with van der Waals surface area (Å²) in [5.74, 6) is 0.219. The highest BCUT2D eigenvalue weighted by Gasteiger charge is 2.22. The van der Waals surface area contributed by atoms with Gasteiger partial charge in [0.2, 0.25) is 0 Å². The van der Waals surface area contributed by atoms with E-state index < -0.39 is 0 Å². The van der Waals surface area contributed by atoms with E-state index in [2.05, 4.69) is 55.8 Å². The van der Waals surface area contributed by atoms with Gasteiger partial charge in [0.05, 0.1) is 15.2 Å². The molecule has 0 aliphatic carbocycles. The van der Waals surface area contributed by atoms with E-state index in [1.807, 2.05) is 18.3 Å². The maximum Gasteiger partial charge on any atom is 0.143 e. The molecule has 0 saturated carbocycles. The van der Waals surface area contributed by atoms with Crippen LogP contribution < -0.4 is 0 Å². The number of hydrogen-bond acceptors (Lipinski definition) is 3. The molecule has 0 amide bonds. The minimum Gasteiger partial charge on any atom is -0.506 e. The summed E-state index contributed by atoms with van der Waals surface area (Å²) in [6.07, 6.45) is 5.53. The van der Waals surface area contributed by atoms with Crippen LogP contribution in [-0.2, 0) is 0 Å². The Morgan fingerprint density at radius 3 is 2.26 bits per heavy atom. The van der Waals surface area contributed by atoms with Crippen LogP contribution in [0.1, 0.15) is 38.7 Å². The maximum atomic E-state index is 9.68. The van der Waals surface area contributed by atoms with Crippen molar-refractivity contribution in [1.82, 2.24) is 5.01 Å². The molecule has 1 heterocycles. The Kier molecular flexibility index (Phi) is 4.90. The summed E-state index contributed by atoms with van der Waals surface area (Å²) >= 11 is 6.66. The molecule has 3 nitrogen and oxygen atoms in total. The van der Waals surface area contributed by atoms with Crippen LogP contribution in [0.4, 0.5) is 0 Å². The molecular formula is C14H18Br2N2O. The summed E-state index contributed by atoms with van der Waals surface area (Å²) in [7, 11) is 0. The zero-order valence-electron chi connectivity index (χ0n) is 11.1. The number of rotatable bonds is 2. The van der Waals surface area contributed by atoms with Gasteiger partial charge in [-0.1, -0.05) is 0 Å². The average molecular weight is 390 g/mol. The molecular weight excluding hydrogens is 372 g/mol. The number of piperidine rings is 1. The Morgan fingerprint density at radius 2 is 1.74 bits per heavy atom. The topological polar surface area (TPSA) is 35.8 Å². The molecule has 5 heteroatoms. The van der Waals surface area contributed by atoms with Gasteiger partial charge in [-0.25, -0.2) is 0 Å². The summed E-state index contributed by atoms with van der Waals surface area (Å²) in [6, 6.07) is 4.71. The van der Waals surface area contributed by atoms with Gasteiger partial charge < -0.3 is 5.11 Å². The molecule has 1 fully saturated rings. The third kappa shape index (κ3) is 3.51. The van der Waals surface area contributed by atoms with Crippen molar-refractivity contribution < 1.29 is 5.11 Å². The monoisotopic (exact) mass is 388 g/mol. The van der Waals surface area contributed by atoms with Crippen LogP contribution in [0.25, 0.3) is 0 Å². The van der Waals surface area contributed by atoms with Crippen molar-refractivity contribution in [3.8, 4) is 5.75 Å².